The van der Waals surface area contributed by atoms with E-state index in [9.17, 15) is 4.79 Å². The van der Waals surface area contributed by atoms with Gasteiger partial charge in [-0.3, -0.25) is 4.79 Å². The van der Waals surface area contributed by atoms with Gasteiger partial charge < -0.3 is 16.0 Å². The van der Waals surface area contributed by atoms with Crippen molar-refractivity contribution in [3.05, 3.63) is 0 Å². The van der Waals surface area contributed by atoms with Crippen LogP contribution in [0.5, 0.6) is 0 Å². The molecular formula is C10H19N5O. The molecule has 0 bridgehead atoms. The Balaban J connectivity index is 2.65. The molecule has 0 aromatic heterocycles. The molecule has 1 rings (SSSR count). The van der Waals surface area contributed by atoms with Crippen LogP contribution in [0.3, 0.4) is 0 Å². The molecule has 0 saturated carbocycles. The Morgan fingerprint density at radius 3 is 2.75 bits per heavy atom. The molecule has 1 amide bonds. The molecule has 3 N–H and O–H groups in total. The Kier molecular flexibility index (Phi) is 3.87. The third-order valence-corrected chi connectivity index (χ3v) is 2.20. The molecule has 0 unspecified atom stereocenters. The molecule has 90 valence electrons. The quantitative estimate of drug-likeness (QED) is 0.502. The summed E-state index contributed by atoms with van der Waals surface area (Å²) in [5, 5.41) is 2.96. The first-order valence-corrected chi connectivity index (χ1v) is 5.30. The van der Waals surface area contributed by atoms with E-state index in [2.05, 4.69) is 29.1 Å². The molecule has 1 aliphatic heterocycles. The van der Waals surface area contributed by atoms with Gasteiger partial charge >= 0.3 is 0 Å². The maximum Gasteiger partial charge on any atom is 0.271 e. The van der Waals surface area contributed by atoms with Crippen LogP contribution in [-0.2, 0) is 4.79 Å². The number of carbonyl (C=O) groups excluding carboxylic acids is 1. The molecule has 6 heteroatoms. The fourth-order valence-electron chi connectivity index (χ4n) is 1.33. The first kappa shape index (κ1) is 12.5. The largest absolute Gasteiger partial charge is 0.369 e. The van der Waals surface area contributed by atoms with Crippen LogP contribution in [0.2, 0.25) is 0 Å². The molecule has 1 heterocycles. The van der Waals surface area contributed by atoms with Gasteiger partial charge in [-0.2, -0.15) is 9.98 Å². The van der Waals surface area contributed by atoms with E-state index >= 15 is 0 Å². The number of rotatable bonds is 2. The van der Waals surface area contributed by atoms with Crippen molar-refractivity contribution in [3.63, 3.8) is 0 Å². The maximum atomic E-state index is 11.5. The van der Waals surface area contributed by atoms with Crippen LogP contribution in [0.25, 0.3) is 0 Å². The van der Waals surface area contributed by atoms with Gasteiger partial charge in [-0.1, -0.05) is 13.8 Å². The molecule has 0 aromatic carbocycles. The number of nitrogens with one attached hydrogen (secondary N) is 1. The van der Waals surface area contributed by atoms with Crippen molar-refractivity contribution in [1.82, 2.24) is 10.2 Å². The van der Waals surface area contributed by atoms with Crippen molar-refractivity contribution < 1.29 is 4.79 Å². The highest BCUT2D eigenvalue weighted by Gasteiger charge is 2.27. The molecular weight excluding hydrogens is 206 g/mol. The monoisotopic (exact) mass is 225 g/mol. The highest BCUT2D eigenvalue weighted by atomic mass is 16.2. The smallest absolute Gasteiger partial charge is 0.271 e. The second-order valence-electron chi connectivity index (χ2n) is 4.46. The summed E-state index contributed by atoms with van der Waals surface area (Å²) in [4.78, 5) is 21.0. The van der Waals surface area contributed by atoms with Gasteiger partial charge in [0, 0.05) is 14.1 Å². The Labute approximate surface area is 95.6 Å². The van der Waals surface area contributed by atoms with Crippen molar-refractivity contribution in [2.24, 2.45) is 21.6 Å². The molecule has 0 fully saturated rings. The Bertz CT molecular complexity index is 332. The second-order valence-corrected chi connectivity index (χ2v) is 4.46. The number of guanidine groups is 2. The standard InChI is InChI=1S/C10H19N5O/c1-6(2)5-7-8(16)13-10(12-7)14-9(11)15(3)4/h6-7H,5H2,1-4H3,(H3,11,12,13,14,16)/t7-/m0/s1. The van der Waals surface area contributed by atoms with Crippen LogP contribution in [0, 0.1) is 5.92 Å². The number of amides is 1. The van der Waals surface area contributed by atoms with Crippen LogP contribution >= 0.6 is 0 Å². The molecule has 0 saturated heterocycles. The Morgan fingerprint density at radius 1 is 1.62 bits per heavy atom. The zero-order chi connectivity index (χ0) is 12.3. The Hall–Kier alpha value is -1.59. The minimum Gasteiger partial charge on any atom is -0.369 e. The lowest BCUT2D eigenvalue weighted by atomic mass is 10.0. The van der Waals surface area contributed by atoms with Gasteiger partial charge in [0.2, 0.25) is 5.96 Å². The summed E-state index contributed by atoms with van der Waals surface area (Å²) in [6, 6.07) is -0.256. The lowest BCUT2D eigenvalue weighted by Crippen LogP contribution is -2.36. The van der Waals surface area contributed by atoms with E-state index in [0.717, 1.165) is 6.42 Å². The topological polar surface area (TPSA) is 83.1 Å². The van der Waals surface area contributed by atoms with Gasteiger partial charge in [0.15, 0.2) is 5.96 Å². The average molecular weight is 225 g/mol. The van der Waals surface area contributed by atoms with Gasteiger partial charge in [0.25, 0.3) is 5.91 Å². The summed E-state index contributed by atoms with van der Waals surface area (Å²) in [5.74, 6) is 0.899. The van der Waals surface area contributed by atoms with E-state index in [1.807, 2.05) is 0 Å². The first-order chi connectivity index (χ1) is 7.40. The summed E-state index contributed by atoms with van der Waals surface area (Å²) in [6.45, 7) is 4.12. The summed E-state index contributed by atoms with van der Waals surface area (Å²) >= 11 is 0. The number of aliphatic imine (C=N–C) groups is 2. The van der Waals surface area contributed by atoms with E-state index in [1.165, 1.54) is 0 Å². The number of hydrogen-bond acceptors (Lipinski definition) is 3. The van der Waals surface area contributed by atoms with E-state index in [0.29, 0.717) is 17.8 Å². The number of hydrogen-bond donors (Lipinski definition) is 2. The minimum absolute atomic E-state index is 0.168. The van der Waals surface area contributed by atoms with Crippen LogP contribution in [-0.4, -0.2) is 42.9 Å². The Morgan fingerprint density at radius 2 is 2.25 bits per heavy atom. The highest BCUT2D eigenvalue weighted by molar-refractivity contribution is 6.06. The minimum atomic E-state index is -0.256. The third kappa shape index (κ3) is 3.22. The first-order valence-electron chi connectivity index (χ1n) is 5.30. The van der Waals surface area contributed by atoms with E-state index in [4.69, 9.17) is 5.73 Å². The predicted octanol–water partition coefficient (Wildman–Crippen LogP) is -0.237. The fourth-order valence-corrected chi connectivity index (χ4v) is 1.33. The summed E-state index contributed by atoms with van der Waals surface area (Å²) in [7, 11) is 3.56. The summed E-state index contributed by atoms with van der Waals surface area (Å²) < 4.78 is 0. The highest BCUT2D eigenvalue weighted by Crippen LogP contribution is 2.10. The molecule has 16 heavy (non-hydrogen) atoms. The maximum absolute atomic E-state index is 11.5. The van der Waals surface area contributed by atoms with Crippen LogP contribution in [0.4, 0.5) is 0 Å². The van der Waals surface area contributed by atoms with Crippen molar-refractivity contribution in [2.45, 2.75) is 26.3 Å². The zero-order valence-corrected chi connectivity index (χ0v) is 10.2. The average Bonchev–Trinajstić information content (AvgIpc) is 2.45. The van der Waals surface area contributed by atoms with E-state index < -0.39 is 0 Å². The van der Waals surface area contributed by atoms with Crippen LogP contribution in [0.1, 0.15) is 20.3 Å². The van der Waals surface area contributed by atoms with Gasteiger partial charge in [-0.15, -0.1) is 0 Å². The molecule has 0 spiro atoms. The second kappa shape index (κ2) is 4.96. The summed E-state index contributed by atoms with van der Waals surface area (Å²) in [5.41, 5.74) is 5.63. The lowest BCUT2D eigenvalue weighted by Gasteiger charge is -2.12. The lowest BCUT2D eigenvalue weighted by molar-refractivity contribution is -0.118. The van der Waals surface area contributed by atoms with E-state index in [-0.39, 0.29) is 11.9 Å². The SMILES string of the molecule is CC(C)C[C@@H]1NC(/N=C(\N)N(C)C)=NC1=O. The van der Waals surface area contributed by atoms with E-state index in [1.54, 1.807) is 19.0 Å². The molecule has 6 nitrogen and oxygen atoms in total. The zero-order valence-electron chi connectivity index (χ0n) is 10.2. The molecule has 1 aliphatic rings. The third-order valence-electron chi connectivity index (χ3n) is 2.20. The normalized spacial score (nSPS) is 21.1. The van der Waals surface area contributed by atoms with Crippen molar-refractivity contribution in [2.75, 3.05) is 14.1 Å². The van der Waals surface area contributed by atoms with Gasteiger partial charge in [0.05, 0.1) is 0 Å². The van der Waals surface area contributed by atoms with Crippen LogP contribution < -0.4 is 11.1 Å². The fraction of sp³-hybridized carbons (Fsp3) is 0.700. The van der Waals surface area contributed by atoms with Gasteiger partial charge in [-0.25, -0.2) is 0 Å². The van der Waals surface area contributed by atoms with Gasteiger partial charge in [-0.05, 0) is 12.3 Å². The molecule has 0 radical (unpaired) electrons. The number of carbonyl (C=O) groups is 1. The molecule has 0 aromatic rings. The predicted molar refractivity (Wildman–Crippen MR) is 64.1 cm³/mol. The van der Waals surface area contributed by atoms with Crippen molar-refractivity contribution >= 4 is 17.8 Å². The number of nitrogens with two attached hydrogens (primary N) is 1. The number of nitrogens with zero attached hydrogens (tertiary/aromatic N) is 3. The molecule has 1 atom stereocenters. The van der Waals surface area contributed by atoms with Crippen molar-refractivity contribution in [1.29, 1.82) is 0 Å². The summed E-state index contributed by atoms with van der Waals surface area (Å²) in [6.07, 6.45) is 0.753. The van der Waals surface area contributed by atoms with Crippen LogP contribution in [0.15, 0.2) is 9.98 Å². The van der Waals surface area contributed by atoms with Gasteiger partial charge in [0.1, 0.15) is 6.04 Å². The molecule has 0 aliphatic carbocycles. The van der Waals surface area contributed by atoms with Crippen molar-refractivity contribution in [3.8, 4) is 0 Å².